The number of anilines is 1. The summed E-state index contributed by atoms with van der Waals surface area (Å²) in [7, 11) is 0. The summed E-state index contributed by atoms with van der Waals surface area (Å²) in [4.78, 5) is 11.6. The normalized spacial score (nSPS) is 12.1. The fraction of sp³-hybridized carbons (Fsp3) is 0.533. The molecule has 1 rings (SSSR count). The predicted octanol–water partition coefficient (Wildman–Crippen LogP) is 3.05. The molecule has 0 unspecified atom stereocenters. The molecule has 0 fully saturated rings. The summed E-state index contributed by atoms with van der Waals surface area (Å²) in [6, 6.07) is 4.76. The van der Waals surface area contributed by atoms with Crippen LogP contribution in [0.15, 0.2) is 18.2 Å². The summed E-state index contributed by atoms with van der Waals surface area (Å²) < 4.78 is 5.12. The molecule has 0 bridgehead atoms. The molecule has 1 aromatic rings. The van der Waals surface area contributed by atoms with Crippen LogP contribution in [0.1, 0.15) is 40.2 Å². The summed E-state index contributed by atoms with van der Waals surface area (Å²) in [6.07, 6.45) is -0.252. The number of nitrogens with one attached hydrogen (secondary N) is 1. The van der Waals surface area contributed by atoms with Crippen LogP contribution in [0, 0.1) is 0 Å². The van der Waals surface area contributed by atoms with E-state index in [9.17, 15) is 15.0 Å². The molecule has 20 heavy (non-hydrogen) atoms. The van der Waals surface area contributed by atoms with Crippen molar-refractivity contribution in [3.8, 4) is 5.75 Å². The second-order valence-corrected chi connectivity index (χ2v) is 6.46. The predicted molar refractivity (Wildman–Crippen MR) is 78.0 cm³/mol. The van der Waals surface area contributed by atoms with Gasteiger partial charge in [-0.25, -0.2) is 4.79 Å². The number of carbonyl (C=O) groups is 1. The Morgan fingerprint density at radius 2 is 1.85 bits per heavy atom. The van der Waals surface area contributed by atoms with E-state index in [-0.39, 0.29) is 5.75 Å². The number of hydrogen-bond donors (Lipinski definition) is 3. The topological polar surface area (TPSA) is 78.8 Å². The minimum absolute atomic E-state index is 0.0284. The van der Waals surface area contributed by atoms with E-state index >= 15 is 0 Å². The Bertz CT molecular complexity index is 484. The van der Waals surface area contributed by atoms with Crippen molar-refractivity contribution in [2.45, 2.75) is 52.2 Å². The van der Waals surface area contributed by atoms with Gasteiger partial charge in [-0.05, 0) is 46.2 Å². The van der Waals surface area contributed by atoms with E-state index in [0.717, 1.165) is 0 Å². The number of rotatable bonds is 3. The van der Waals surface area contributed by atoms with Crippen LogP contribution >= 0.6 is 0 Å². The molecule has 1 amide bonds. The van der Waals surface area contributed by atoms with Crippen molar-refractivity contribution < 1.29 is 19.7 Å². The Morgan fingerprint density at radius 1 is 1.25 bits per heavy atom. The molecule has 0 aliphatic carbocycles. The first kappa shape index (κ1) is 16.3. The van der Waals surface area contributed by atoms with Crippen LogP contribution in [-0.2, 0) is 11.2 Å². The molecule has 0 spiro atoms. The molecule has 0 aromatic heterocycles. The number of amides is 1. The molecule has 0 saturated heterocycles. The Hall–Kier alpha value is -1.75. The van der Waals surface area contributed by atoms with Gasteiger partial charge in [0.25, 0.3) is 0 Å². The van der Waals surface area contributed by atoms with Crippen LogP contribution in [0.25, 0.3) is 0 Å². The van der Waals surface area contributed by atoms with Crippen LogP contribution in [0.2, 0.25) is 0 Å². The zero-order valence-electron chi connectivity index (χ0n) is 12.7. The SMILES string of the molecule is CC(C)(O)Cc1ccc(NC(=O)OC(C)(C)C)cc1O. The lowest BCUT2D eigenvalue weighted by Crippen LogP contribution is -2.27. The van der Waals surface area contributed by atoms with Gasteiger partial charge in [0, 0.05) is 18.2 Å². The fourth-order valence-electron chi connectivity index (χ4n) is 1.68. The molecule has 0 atom stereocenters. The highest BCUT2D eigenvalue weighted by Gasteiger charge is 2.18. The van der Waals surface area contributed by atoms with Gasteiger partial charge in [0.1, 0.15) is 11.4 Å². The smallest absolute Gasteiger partial charge is 0.412 e. The highest BCUT2D eigenvalue weighted by Crippen LogP contribution is 2.26. The summed E-state index contributed by atoms with van der Waals surface area (Å²) in [5.41, 5.74) is -0.423. The minimum Gasteiger partial charge on any atom is -0.508 e. The van der Waals surface area contributed by atoms with Crippen molar-refractivity contribution in [3.63, 3.8) is 0 Å². The average Bonchev–Trinajstić information content (AvgIpc) is 2.17. The van der Waals surface area contributed by atoms with Crippen LogP contribution in [0.5, 0.6) is 5.75 Å². The van der Waals surface area contributed by atoms with Crippen molar-refractivity contribution in [2.24, 2.45) is 0 Å². The van der Waals surface area contributed by atoms with Crippen molar-refractivity contribution in [1.29, 1.82) is 0 Å². The Labute approximate surface area is 119 Å². The number of hydrogen-bond acceptors (Lipinski definition) is 4. The Morgan fingerprint density at radius 3 is 2.30 bits per heavy atom. The molecule has 0 radical (unpaired) electrons. The summed E-state index contributed by atoms with van der Waals surface area (Å²) in [5.74, 6) is 0.0284. The van der Waals surface area contributed by atoms with E-state index in [1.54, 1.807) is 46.8 Å². The fourth-order valence-corrected chi connectivity index (χ4v) is 1.68. The van der Waals surface area contributed by atoms with Crippen LogP contribution in [-0.4, -0.2) is 27.5 Å². The Balaban J connectivity index is 2.75. The van der Waals surface area contributed by atoms with Crippen molar-refractivity contribution >= 4 is 11.8 Å². The molecule has 0 heterocycles. The summed E-state index contributed by atoms with van der Waals surface area (Å²) in [5, 5.41) is 22.2. The maximum atomic E-state index is 11.6. The van der Waals surface area contributed by atoms with E-state index in [4.69, 9.17) is 4.74 Å². The third-order valence-corrected chi connectivity index (χ3v) is 2.35. The van der Waals surface area contributed by atoms with Gasteiger partial charge in [0.05, 0.1) is 5.60 Å². The van der Waals surface area contributed by atoms with Gasteiger partial charge in [-0.3, -0.25) is 5.32 Å². The second-order valence-electron chi connectivity index (χ2n) is 6.46. The van der Waals surface area contributed by atoms with Gasteiger partial charge in [-0.15, -0.1) is 0 Å². The van der Waals surface area contributed by atoms with Crippen LogP contribution in [0.4, 0.5) is 10.5 Å². The van der Waals surface area contributed by atoms with Crippen molar-refractivity contribution in [2.75, 3.05) is 5.32 Å². The van der Waals surface area contributed by atoms with E-state index < -0.39 is 17.3 Å². The quantitative estimate of drug-likeness (QED) is 0.795. The van der Waals surface area contributed by atoms with E-state index in [2.05, 4.69) is 5.32 Å². The maximum Gasteiger partial charge on any atom is 0.412 e. The van der Waals surface area contributed by atoms with Gasteiger partial charge >= 0.3 is 6.09 Å². The summed E-state index contributed by atoms with van der Waals surface area (Å²) in [6.45, 7) is 8.65. The molecule has 0 aliphatic heterocycles. The average molecular weight is 281 g/mol. The third-order valence-electron chi connectivity index (χ3n) is 2.35. The second kappa shape index (κ2) is 5.71. The molecule has 0 aliphatic rings. The van der Waals surface area contributed by atoms with E-state index in [1.807, 2.05) is 0 Å². The monoisotopic (exact) mass is 281 g/mol. The number of phenolic OH excluding ortho intramolecular Hbond substituents is 1. The number of carbonyl (C=O) groups excluding carboxylic acids is 1. The highest BCUT2D eigenvalue weighted by atomic mass is 16.6. The molecule has 0 saturated carbocycles. The molecule has 1 aromatic carbocycles. The zero-order chi connectivity index (χ0) is 15.6. The lowest BCUT2D eigenvalue weighted by Gasteiger charge is -2.20. The summed E-state index contributed by atoms with van der Waals surface area (Å²) >= 11 is 0. The highest BCUT2D eigenvalue weighted by molar-refractivity contribution is 5.85. The molecular weight excluding hydrogens is 258 g/mol. The number of aromatic hydroxyl groups is 1. The molecule has 3 N–H and O–H groups in total. The number of aliphatic hydroxyl groups is 1. The van der Waals surface area contributed by atoms with Gasteiger partial charge in [0.2, 0.25) is 0 Å². The lowest BCUT2D eigenvalue weighted by molar-refractivity contribution is 0.0635. The van der Waals surface area contributed by atoms with Gasteiger partial charge in [-0.1, -0.05) is 6.07 Å². The zero-order valence-corrected chi connectivity index (χ0v) is 12.7. The Kier molecular flexibility index (Phi) is 4.65. The first-order valence-electron chi connectivity index (χ1n) is 6.50. The van der Waals surface area contributed by atoms with E-state index in [1.165, 1.54) is 6.07 Å². The van der Waals surface area contributed by atoms with Crippen molar-refractivity contribution in [1.82, 2.24) is 0 Å². The van der Waals surface area contributed by atoms with Crippen LogP contribution in [0.3, 0.4) is 0 Å². The van der Waals surface area contributed by atoms with Gasteiger partial charge in [0.15, 0.2) is 0 Å². The number of benzene rings is 1. The number of phenols is 1. The first-order valence-corrected chi connectivity index (χ1v) is 6.50. The first-order chi connectivity index (χ1) is 8.96. The third kappa shape index (κ3) is 5.93. The number of ether oxygens (including phenoxy) is 1. The molecule has 112 valence electrons. The van der Waals surface area contributed by atoms with Gasteiger partial charge in [-0.2, -0.15) is 0 Å². The van der Waals surface area contributed by atoms with E-state index in [0.29, 0.717) is 17.7 Å². The molecule has 5 heteroatoms. The largest absolute Gasteiger partial charge is 0.508 e. The minimum atomic E-state index is -0.905. The maximum absolute atomic E-state index is 11.6. The van der Waals surface area contributed by atoms with Crippen molar-refractivity contribution in [3.05, 3.63) is 23.8 Å². The van der Waals surface area contributed by atoms with Crippen LogP contribution < -0.4 is 5.32 Å². The lowest BCUT2D eigenvalue weighted by atomic mass is 9.98. The standard InChI is InChI=1S/C15H23NO4/c1-14(2,3)20-13(18)16-11-7-6-10(12(17)8-11)9-15(4,5)19/h6-8,17,19H,9H2,1-5H3,(H,16,18). The molecule has 5 nitrogen and oxygen atoms in total. The molecular formula is C15H23NO4. The van der Waals surface area contributed by atoms with Gasteiger partial charge < -0.3 is 14.9 Å².